The van der Waals surface area contributed by atoms with Crippen LogP contribution < -0.4 is 10.9 Å². The second-order valence-electron chi connectivity index (χ2n) is 4.12. The maximum Gasteiger partial charge on any atom is 0.227 e. The van der Waals surface area contributed by atoms with Gasteiger partial charge in [0, 0.05) is 42.0 Å². The minimum absolute atomic E-state index is 0.221. The van der Waals surface area contributed by atoms with E-state index in [0.29, 0.717) is 0 Å². The predicted molar refractivity (Wildman–Crippen MR) is 69.9 cm³/mol. The Labute approximate surface area is 104 Å². The minimum atomic E-state index is 0.221. The van der Waals surface area contributed by atoms with Crippen molar-refractivity contribution in [2.24, 2.45) is 0 Å². The van der Waals surface area contributed by atoms with Crippen LogP contribution in [0.1, 0.15) is 5.69 Å². The van der Waals surface area contributed by atoms with E-state index in [2.05, 4.69) is 15.3 Å². The third-order valence-corrected chi connectivity index (χ3v) is 2.98. The lowest BCUT2D eigenvalue weighted by molar-refractivity contribution is 0.874. The Balaban J connectivity index is 2.29. The van der Waals surface area contributed by atoms with Crippen molar-refractivity contribution >= 4 is 12.0 Å². The standard InChI is InChI=1S/C13H13N5/c1-9-10(4-2-5-15-9)11-8-17-13(14)18-7-3-6-16-12(11)18/h2-5,7-8,14,16H,6H2,1H3. The molecule has 0 unspecified atom stereocenters. The third kappa shape index (κ3) is 1.60. The molecule has 2 aromatic rings. The second-order valence-corrected chi connectivity index (χ2v) is 4.12. The van der Waals surface area contributed by atoms with Gasteiger partial charge in [0.05, 0.1) is 0 Å². The molecule has 90 valence electrons. The van der Waals surface area contributed by atoms with Crippen molar-refractivity contribution in [1.82, 2.24) is 14.5 Å². The fraction of sp³-hybridized carbons (Fsp3) is 0.154. The summed E-state index contributed by atoms with van der Waals surface area (Å²) in [5.74, 6) is 0.897. The van der Waals surface area contributed by atoms with E-state index in [0.717, 1.165) is 29.2 Å². The molecule has 0 aliphatic carbocycles. The van der Waals surface area contributed by atoms with Crippen LogP contribution in [-0.2, 0) is 0 Å². The molecule has 3 rings (SSSR count). The van der Waals surface area contributed by atoms with Gasteiger partial charge in [0.15, 0.2) is 0 Å². The largest absolute Gasteiger partial charge is 0.367 e. The van der Waals surface area contributed by atoms with Crippen molar-refractivity contribution in [3.05, 3.63) is 41.9 Å². The molecule has 0 atom stereocenters. The molecule has 0 amide bonds. The summed E-state index contributed by atoms with van der Waals surface area (Å²) < 4.78 is 1.74. The Morgan fingerprint density at radius 3 is 3.06 bits per heavy atom. The lowest BCUT2D eigenvalue weighted by Gasteiger charge is -2.19. The number of rotatable bonds is 1. The van der Waals surface area contributed by atoms with Gasteiger partial charge in [-0.2, -0.15) is 0 Å². The minimum Gasteiger partial charge on any atom is -0.367 e. The lowest BCUT2D eigenvalue weighted by Crippen LogP contribution is -2.25. The highest BCUT2D eigenvalue weighted by molar-refractivity contribution is 5.77. The third-order valence-electron chi connectivity index (χ3n) is 2.98. The van der Waals surface area contributed by atoms with Gasteiger partial charge in [-0.15, -0.1) is 0 Å². The molecule has 3 heterocycles. The number of aromatic nitrogens is 3. The fourth-order valence-corrected chi connectivity index (χ4v) is 2.09. The molecule has 0 saturated heterocycles. The summed E-state index contributed by atoms with van der Waals surface area (Å²) in [5, 5.41) is 11.1. The molecule has 0 spiro atoms. The number of hydrogen-bond acceptors (Lipinski definition) is 4. The molecule has 5 nitrogen and oxygen atoms in total. The van der Waals surface area contributed by atoms with Gasteiger partial charge < -0.3 is 5.32 Å². The number of pyridine rings is 1. The Hall–Kier alpha value is -2.43. The van der Waals surface area contributed by atoms with Crippen LogP contribution in [0.15, 0.2) is 30.6 Å². The summed E-state index contributed by atoms with van der Waals surface area (Å²) in [6, 6.07) is 3.93. The molecule has 2 N–H and O–H groups in total. The monoisotopic (exact) mass is 239 g/mol. The zero-order valence-electron chi connectivity index (χ0n) is 10.0. The summed E-state index contributed by atoms with van der Waals surface area (Å²) in [7, 11) is 0. The van der Waals surface area contributed by atoms with Crippen LogP contribution in [0.3, 0.4) is 0 Å². The van der Waals surface area contributed by atoms with Gasteiger partial charge in [-0.05, 0) is 19.1 Å². The van der Waals surface area contributed by atoms with Crippen LogP contribution in [0.2, 0.25) is 0 Å². The lowest BCUT2D eigenvalue weighted by atomic mass is 10.1. The van der Waals surface area contributed by atoms with Crippen molar-refractivity contribution in [2.75, 3.05) is 11.9 Å². The maximum absolute atomic E-state index is 7.81. The van der Waals surface area contributed by atoms with Gasteiger partial charge in [0.1, 0.15) is 5.82 Å². The first kappa shape index (κ1) is 10.7. The van der Waals surface area contributed by atoms with Crippen LogP contribution in [0, 0.1) is 12.3 Å². The highest BCUT2D eigenvalue weighted by Crippen LogP contribution is 2.28. The van der Waals surface area contributed by atoms with Crippen LogP contribution in [0.4, 0.5) is 5.82 Å². The average Bonchev–Trinajstić information content (AvgIpc) is 2.41. The first-order valence-corrected chi connectivity index (χ1v) is 5.76. The highest BCUT2D eigenvalue weighted by atomic mass is 15.2. The van der Waals surface area contributed by atoms with Gasteiger partial charge in [0.25, 0.3) is 0 Å². The molecule has 1 aliphatic rings. The van der Waals surface area contributed by atoms with Gasteiger partial charge in [-0.25, -0.2) is 4.98 Å². The molecule has 5 heteroatoms. The van der Waals surface area contributed by atoms with Crippen LogP contribution >= 0.6 is 0 Å². The highest BCUT2D eigenvalue weighted by Gasteiger charge is 2.13. The smallest absolute Gasteiger partial charge is 0.227 e. The number of aryl methyl sites for hydroxylation is 1. The van der Waals surface area contributed by atoms with E-state index in [1.165, 1.54) is 0 Å². The van der Waals surface area contributed by atoms with Crippen molar-refractivity contribution in [3.63, 3.8) is 0 Å². The molecule has 0 radical (unpaired) electrons. The number of hydrogen-bond donors (Lipinski definition) is 2. The van der Waals surface area contributed by atoms with Crippen molar-refractivity contribution in [3.8, 4) is 11.1 Å². The van der Waals surface area contributed by atoms with Gasteiger partial charge in [0.2, 0.25) is 5.62 Å². The molecule has 0 fully saturated rings. The molecule has 1 aliphatic heterocycles. The topological polar surface area (TPSA) is 66.6 Å². The van der Waals surface area contributed by atoms with E-state index in [1.54, 1.807) is 17.0 Å². The Kier molecular flexibility index (Phi) is 2.44. The Morgan fingerprint density at radius 1 is 1.33 bits per heavy atom. The number of fused-ring (bicyclic) bond motifs is 1. The molecular formula is C13H13N5. The zero-order chi connectivity index (χ0) is 12.5. The fourth-order valence-electron chi connectivity index (χ4n) is 2.09. The second kappa shape index (κ2) is 4.10. The van der Waals surface area contributed by atoms with E-state index in [1.807, 2.05) is 31.3 Å². The van der Waals surface area contributed by atoms with Crippen molar-refractivity contribution in [2.45, 2.75) is 6.92 Å². The van der Waals surface area contributed by atoms with E-state index in [-0.39, 0.29) is 5.62 Å². The SMILES string of the molecule is Cc1ncccc1-c1cnc(=N)n2c1NCC=C2. The number of anilines is 1. The quantitative estimate of drug-likeness (QED) is 0.794. The predicted octanol–water partition coefficient (Wildman–Crippen LogP) is 1.63. The summed E-state index contributed by atoms with van der Waals surface area (Å²) in [5.41, 5.74) is 3.19. The average molecular weight is 239 g/mol. The normalized spacial score (nSPS) is 12.9. The number of nitrogens with one attached hydrogen (secondary N) is 2. The van der Waals surface area contributed by atoms with E-state index < -0.39 is 0 Å². The molecule has 18 heavy (non-hydrogen) atoms. The molecule has 0 saturated carbocycles. The molecular weight excluding hydrogens is 226 g/mol. The van der Waals surface area contributed by atoms with Gasteiger partial charge in [-0.3, -0.25) is 15.0 Å². The Morgan fingerprint density at radius 2 is 2.22 bits per heavy atom. The first-order chi connectivity index (χ1) is 8.77. The first-order valence-electron chi connectivity index (χ1n) is 5.76. The van der Waals surface area contributed by atoms with Gasteiger partial charge in [-0.1, -0.05) is 6.07 Å². The Bertz CT molecular complexity index is 684. The summed E-state index contributed by atoms with van der Waals surface area (Å²) >= 11 is 0. The maximum atomic E-state index is 7.81. The van der Waals surface area contributed by atoms with E-state index in [4.69, 9.17) is 5.41 Å². The summed E-state index contributed by atoms with van der Waals surface area (Å²) in [4.78, 5) is 8.42. The summed E-state index contributed by atoms with van der Waals surface area (Å²) in [6.45, 7) is 2.73. The molecule has 0 aromatic carbocycles. The van der Waals surface area contributed by atoms with Crippen LogP contribution in [0.5, 0.6) is 0 Å². The van der Waals surface area contributed by atoms with Crippen LogP contribution in [0.25, 0.3) is 17.3 Å². The van der Waals surface area contributed by atoms with E-state index >= 15 is 0 Å². The zero-order valence-corrected chi connectivity index (χ0v) is 10.0. The molecule has 0 bridgehead atoms. The van der Waals surface area contributed by atoms with Crippen LogP contribution in [-0.4, -0.2) is 21.1 Å². The van der Waals surface area contributed by atoms with Crippen molar-refractivity contribution in [1.29, 1.82) is 5.41 Å². The summed E-state index contributed by atoms with van der Waals surface area (Å²) in [6.07, 6.45) is 7.34. The number of nitrogens with zero attached hydrogens (tertiary/aromatic N) is 3. The molecule has 2 aromatic heterocycles. The van der Waals surface area contributed by atoms with Crippen molar-refractivity contribution < 1.29 is 0 Å². The van der Waals surface area contributed by atoms with E-state index in [9.17, 15) is 0 Å². The van der Waals surface area contributed by atoms with Gasteiger partial charge >= 0.3 is 0 Å².